The van der Waals surface area contributed by atoms with Crippen LogP contribution >= 0.6 is 0 Å². The number of ketones is 1. The van der Waals surface area contributed by atoms with Crippen molar-refractivity contribution in [1.29, 1.82) is 0 Å². The Kier molecular flexibility index (Phi) is 15.2. The summed E-state index contributed by atoms with van der Waals surface area (Å²) in [4.78, 5) is 13.3. The third kappa shape index (κ3) is 9.78. The van der Waals surface area contributed by atoms with Gasteiger partial charge in [0.05, 0.1) is 5.76 Å². The number of aromatic nitrogens is 6. The second-order valence-corrected chi connectivity index (χ2v) is 10.2. The molecule has 0 saturated heterocycles. The third-order valence-electron chi connectivity index (χ3n) is 6.78. The number of carbonyl (C=O) groups excluding carboxylic acids is 1. The van der Waals surface area contributed by atoms with Crippen molar-refractivity contribution in [3.8, 4) is 11.4 Å². The summed E-state index contributed by atoms with van der Waals surface area (Å²) in [6.07, 6.45) is 1.17. The van der Waals surface area contributed by atoms with Gasteiger partial charge in [-0.2, -0.15) is 66.4 Å². The predicted octanol–water partition coefficient (Wildman–Crippen LogP) is 9.83. The van der Waals surface area contributed by atoms with Crippen molar-refractivity contribution in [3.63, 3.8) is 0 Å². The standard InChI is InChI=1S/2C16H10N3.C5H8O2.2C2H6.Ir/c2*1-2-8-13-12(6-1)7-5-11-16(13)19-17-14-9-3-4-10-15(14)18-19;1-4(6)3-5(2)7;2*1-2;/h2*1-10H;3,6H,1-2H3;2*1-2H3;/q2*-1;;;;. The zero-order chi connectivity index (χ0) is 35.2. The number of allylic oxidation sites excluding steroid dienone is 2. The first-order valence-corrected chi connectivity index (χ1v) is 16.3. The summed E-state index contributed by atoms with van der Waals surface area (Å²) >= 11 is 0. The molecule has 8 rings (SSSR count). The van der Waals surface area contributed by atoms with Crippen LogP contribution in [-0.4, -0.2) is 40.9 Å². The normalized spacial score (nSPS) is 10.3. The van der Waals surface area contributed by atoms with E-state index in [0.29, 0.717) is 0 Å². The van der Waals surface area contributed by atoms with Crippen molar-refractivity contribution in [1.82, 2.24) is 30.0 Å². The van der Waals surface area contributed by atoms with Crippen LogP contribution in [-0.2, 0) is 24.9 Å². The molecule has 9 heteroatoms. The number of aliphatic hydroxyl groups is 1. The van der Waals surface area contributed by atoms with Crippen LogP contribution < -0.4 is 0 Å². The number of hydrogen-bond donors (Lipinski definition) is 1. The van der Waals surface area contributed by atoms with Gasteiger partial charge in [-0.05, 0) is 49.5 Å². The van der Waals surface area contributed by atoms with Crippen LogP contribution in [0.1, 0.15) is 41.5 Å². The molecule has 0 fully saturated rings. The van der Waals surface area contributed by atoms with Crippen LogP contribution in [0.15, 0.2) is 133 Å². The van der Waals surface area contributed by atoms with Gasteiger partial charge in [-0.3, -0.25) is 4.79 Å². The van der Waals surface area contributed by atoms with Crippen LogP contribution in [0.5, 0.6) is 0 Å². The number of carbonyl (C=O) groups is 1. The Morgan fingerprint density at radius 3 is 1.18 bits per heavy atom. The molecule has 0 aliphatic heterocycles. The van der Waals surface area contributed by atoms with Gasteiger partial charge in [0, 0.05) is 26.2 Å². The van der Waals surface area contributed by atoms with Gasteiger partial charge in [0.2, 0.25) is 0 Å². The van der Waals surface area contributed by atoms with E-state index in [0.717, 1.165) is 55.0 Å². The Balaban J connectivity index is 0.000000208. The fraction of sp³-hybridized carbons (Fsp3) is 0.146. The summed E-state index contributed by atoms with van der Waals surface area (Å²) in [5.41, 5.74) is 5.34. The number of nitrogens with zero attached hydrogens (tertiary/aromatic N) is 6. The van der Waals surface area contributed by atoms with Crippen LogP contribution in [0.3, 0.4) is 0 Å². The Bertz CT molecular complexity index is 2080. The van der Waals surface area contributed by atoms with E-state index in [2.05, 4.69) is 56.8 Å². The van der Waals surface area contributed by atoms with E-state index in [1.807, 2.05) is 125 Å². The molecular weight excluding hydrogens is 801 g/mol. The van der Waals surface area contributed by atoms with Gasteiger partial charge in [0.15, 0.2) is 5.78 Å². The molecule has 8 aromatic rings. The van der Waals surface area contributed by atoms with Gasteiger partial charge in [-0.1, -0.05) is 88.4 Å². The van der Waals surface area contributed by atoms with Crippen molar-refractivity contribution in [2.75, 3.05) is 0 Å². The van der Waals surface area contributed by atoms with Gasteiger partial charge in [0.1, 0.15) is 22.1 Å². The van der Waals surface area contributed by atoms with E-state index in [9.17, 15) is 4.79 Å². The molecule has 2 aromatic heterocycles. The Morgan fingerprint density at radius 2 is 0.880 bits per heavy atom. The van der Waals surface area contributed by atoms with Gasteiger partial charge in [0.25, 0.3) is 0 Å². The molecule has 0 aliphatic carbocycles. The van der Waals surface area contributed by atoms with E-state index in [4.69, 9.17) is 5.11 Å². The molecule has 50 heavy (non-hydrogen) atoms. The van der Waals surface area contributed by atoms with Crippen molar-refractivity contribution in [2.45, 2.75) is 41.5 Å². The van der Waals surface area contributed by atoms with Crippen molar-refractivity contribution in [3.05, 3.63) is 145 Å². The van der Waals surface area contributed by atoms with Crippen molar-refractivity contribution < 1.29 is 30.0 Å². The van der Waals surface area contributed by atoms with Gasteiger partial charge < -0.3 is 5.11 Å². The molecule has 0 amide bonds. The van der Waals surface area contributed by atoms with E-state index in [-0.39, 0.29) is 31.6 Å². The van der Waals surface area contributed by atoms with Gasteiger partial charge in [-0.15, -0.1) is 33.7 Å². The minimum absolute atomic E-state index is 0. The summed E-state index contributed by atoms with van der Waals surface area (Å²) in [7, 11) is 0. The molecule has 0 unspecified atom stereocenters. The Hall–Kier alpha value is -5.50. The quantitative estimate of drug-likeness (QED) is 0.108. The third-order valence-corrected chi connectivity index (χ3v) is 6.78. The number of aliphatic hydroxyl groups excluding tert-OH is 1. The molecule has 257 valence electrons. The van der Waals surface area contributed by atoms with Crippen LogP contribution in [0.4, 0.5) is 0 Å². The molecule has 0 aliphatic rings. The van der Waals surface area contributed by atoms with E-state index in [1.165, 1.54) is 19.9 Å². The zero-order valence-corrected chi connectivity index (χ0v) is 31.4. The number of rotatable bonds is 3. The number of fused-ring (bicyclic) bond motifs is 4. The van der Waals surface area contributed by atoms with E-state index in [1.54, 1.807) is 9.59 Å². The maximum Gasteiger partial charge on any atom is 0.155 e. The second-order valence-electron chi connectivity index (χ2n) is 10.2. The topological polar surface area (TPSA) is 98.7 Å². The minimum Gasteiger partial charge on any atom is -0.512 e. The number of benzene rings is 6. The Morgan fingerprint density at radius 1 is 0.560 bits per heavy atom. The first-order valence-electron chi connectivity index (χ1n) is 16.3. The van der Waals surface area contributed by atoms with Gasteiger partial charge in [-0.25, -0.2) is 0 Å². The van der Waals surface area contributed by atoms with Crippen molar-refractivity contribution >= 4 is 49.4 Å². The predicted molar refractivity (Wildman–Crippen MR) is 200 cm³/mol. The fourth-order valence-corrected chi connectivity index (χ4v) is 4.84. The summed E-state index contributed by atoms with van der Waals surface area (Å²) in [6, 6.07) is 46.4. The zero-order valence-electron chi connectivity index (χ0n) is 29.0. The summed E-state index contributed by atoms with van der Waals surface area (Å²) < 4.78 is 0. The average molecular weight is 841 g/mol. The minimum atomic E-state index is -0.125. The monoisotopic (exact) mass is 841 g/mol. The first kappa shape index (κ1) is 38.9. The Labute approximate surface area is 306 Å². The molecule has 0 atom stereocenters. The first-order chi connectivity index (χ1) is 24.0. The SMILES string of the molecule is CC.CC.CC(=O)C=C(C)O.[Ir].[c-]1ccc2ccccc2c1-n1nc2ccccc2n1.[c-]1ccc2ccccc2c1-n1nc2ccccc2n1. The second kappa shape index (κ2) is 19.5. The van der Waals surface area contributed by atoms with E-state index < -0.39 is 0 Å². The van der Waals surface area contributed by atoms with Gasteiger partial charge >= 0.3 is 0 Å². The largest absolute Gasteiger partial charge is 0.512 e. The fourth-order valence-electron chi connectivity index (χ4n) is 4.84. The summed E-state index contributed by atoms with van der Waals surface area (Å²) in [6.45, 7) is 10.8. The maximum absolute atomic E-state index is 10.0. The van der Waals surface area contributed by atoms with Crippen molar-refractivity contribution in [2.24, 2.45) is 0 Å². The molecule has 1 N–H and O–H groups in total. The molecule has 0 bridgehead atoms. The summed E-state index contributed by atoms with van der Waals surface area (Å²) in [5, 5.41) is 30.9. The molecule has 8 nitrogen and oxygen atoms in total. The maximum atomic E-state index is 10.0. The molecule has 6 aromatic carbocycles. The van der Waals surface area contributed by atoms with Crippen LogP contribution in [0.25, 0.3) is 55.0 Å². The molecular formula is C41H40IrN6O2-2. The van der Waals surface area contributed by atoms with Crippen LogP contribution in [0, 0.1) is 12.1 Å². The number of hydrogen-bond acceptors (Lipinski definition) is 6. The molecule has 1 radical (unpaired) electrons. The summed E-state index contributed by atoms with van der Waals surface area (Å²) in [5.74, 6) is -0.0625. The molecule has 0 saturated carbocycles. The van der Waals surface area contributed by atoms with Crippen LogP contribution in [0.2, 0.25) is 0 Å². The smallest absolute Gasteiger partial charge is 0.155 e. The van der Waals surface area contributed by atoms with E-state index >= 15 is 0 Å². The average Bonchev–Trinajstić information content (AvgIpc) is 3.78. The molecule has 0 spiro atoms. The molecule has 2 heterocycles.